The Hall–Kier alpha value is 1.89. The normalized spacial score (nSPS) is 0. The Kier molecular flexibility index (Phi) is 204. The summed E-state index contributed by atoms with van der Waals surface area (Å²) in [6, 6.07) is 0. The monoisotopic (exact) mass is 120 g/mol. The molecule has 0 saturated carbocycles. The van der Waals surface area contributed by atoms with Gasteiger partial charge in [0.2, 0.25) is 0 Å². The molecule has 0 saturated heterocycles. The van der Waals surface area contributed by atoms with Crippen molar-refractivity contribution in [3.8, 4) is 0 Å². The average molecular weight is 120 g/mol. The zero-order valence-corrected chi connectivity index (χ0v) is 5.79. The molecule has 0 amide bonds. The summed E-state index contributed by atoms with van der Waals surface area (Å²) in [5.74, 6) is 0. The molecule has 0 radical (unpaired) electrons. The van der Waals surface area contributed by atoms with Crippen LogP contribution in [0.25, 0.3) is 0 Å². The van der Waals surface area contributed by atoms with Crippen LogP contribution in [0.5, 0.6) is 0 Å². The molecule has 0 bridgehead atoms. The van der Waals surface area contributed by atoms with E-state index in [1.54, 1.807) is 0 Å². The van der Waals surface area contributed by atoms with Crippen LogP contribution in [-0.2, 0) is 32.7 Å². The fraction of sp³-hybridized carbons (Fsp3) is 0. The third-order valence-corrected chi connectivity index (χ3v) is 0. The van der Waals surface area contributed by atoms with E-state index in [4.69, 9.17) is 0 Å². The fourth-order valence-corrected chi connectivity index (χ4v) is 0. The molecular formula is CaO2Ti+2. The molecule has 16 valence electrons. The minimum Gasteiger partial charge on any atom is -2.00 e. The Morgan fingerprint density at radius 2 is 0.750 bits per heavy atom. The maximum Gasteiger partial charge on any atom is 4.00 e. The Labute approximate surface area is 69.5 Å². The van der Waals surface area contributed by atoms with Crippen LogP contribution in [0.2, 0.25) is 0 Å². The van der Waals surface area contributed by atoms with E-state index >= 15 is 0 Å². The van der Waals surface area contributed by atoms with E-state index in [0.717, 1.165) is 0 Å². The molecule has 0 atom stereocenters. The molecule has 0 aromatic rings. The molecule has 0 aliphatic carbocycles. The van der Waals surface area contributed by atoms with Gasteiger partial charge in [-0.15, -0.1) is 0 Å². The van der Waals surface area contributed by atoms with Gasteiger partial charge >= 0.3 is 59.5 Å². The topological polar surface area (TPSA) is 57.0 Å². The van der Waals surface area contributed by atoms with Gasteiger partial charge in [-0.05, 0) is 0 Å². The summed E-state index contributed by atoms with van der Waals surface area (Å²) in [7, 11) is 0. The summed E-state index contributed by atoms with van der Waals surface area (Å²) in [4.78, 5) is 0. The van der Waals surface area contributed by atoms with Gasteiger partial charge < -0.3 is 11.0 Å². The van der Waals surface area contributed by atoms with Crippen LogP contribution in [0.15, 0.2) is 0 Å². The van der Waals surface area contributed by atoms with E-state index in [2.05, 4.69) is 0 Å². The van der Waals surface area contributed by atoms with Crippen LogP contribution in [0, 0.1) is 0 Å². The Morgan fingerprint density at radius 3 is 0.750 bits per heavy atom. The van der Waals surface area contributed by atoms with Gasteiger partial charge in [0.05, 0.1) is 0 Å². The molecule has 2 nitrogen and oxygen atoms in total. The predicted molar refractivity (Wildman–Crippen MR) is 7.13 cm³/mol. The Balaban J connectivity index is 0. The summed E-state index contributed by atoms with van der Waals surface area (Å²) in [6.45, 7) is 0. The minimum absolute atomic E-state index is 0. The van der Waals surface area contributed by atoms with E-state index in [0.29, 0.717) is 0 Å². The van der Waals surface area contributed by atoms with Gasteiger partial charge in [0.1, 0.15) is 0 Å². The number of hydrogen-bond donors (Lipinski definition) is 0. The van der Waals surface area contributed by atoms with Gasteiger partial charge in [-0.1, -0.05) is 0 Å². The van der Waals surface area contributed by atoms with Crippen molar-refractivity contribution in [2.24, 2.45) is 0 Å². The second kappa shape index (κ2) is 20.7. The molecule has 0 unspecified atom stereocenters. The van der Waals surface area contributed by atoms with E-state index in [-0.39, 0.29) is 70.4 Å². The summed E-state index contributed by atoms with van der Waals surface area (Å²) < 4.78 is 0. The second-order valence-electron chi connectivity index (χ2n) is 0. The smallest absolute Gasteiger partial charge is 2.00 e. The first-order valence-corrected chi connectivity index (χ1v) is 0. The van der Waals surface area contributed by atoms with Gasteiger partial charge in [0.25, 0.3) is 0 Å². The van der Waals surface area contributed by atoms with Crippen LogP contribution in [0.4, 0.5) is 0 Å². The van der Waals surface area contributed by atoms with Crippen molar-refractivity contribution in [2.45, 2.75) is 0 Å². The predicted octanol–water partition coefficient (Wildman–Crippen LogP) is -0.621. The molecule has 0 heterocycles. The van der Waals surface area contributed by atoms with Crippen molar-refractivity contribution >= 4 is 37.7 Å². The first kappa shape index (κ1) is 39.4. The van der Waals surface area contributed by atoms with Crippen LogP contribution >= 0.6 is 0 Å². The van der Waals surface area contributed by atoms with Gasteiger partial charge in [0, 0.05) is 0 Å². The summed E-state index contributed by atoms with van der Waals surface area (Å²) in [5.41, 5.74) is 0. The van der Waals surface area contributed by atoms with Gasteiger partial charge in [0.15, 0.2) is 0 Å². The van der Waals surface area contributed by atoms with Crippen LogP contribution in [-0.4, -0.2) is 37.7 Å². The molecular weight excluding hydrogens is 120 g/mol. The Bertz CT molecular complexity index is 6.00. The average Bonchev–Trinajstić information content (AvgIpc) is 0. The molecule has 4 heteroatoms. The van der Waals surface area contributed by atoms with Gasteiger partial charge in [-0.2, -0.15) is 0 Å². The summed E-state index contributed by atoms with van der Waals surface area (Å²) in [5, 5.41) is 0. The molecule has 0 aromatic heterocycles. The largest absolute Gasteiger partial charge is 4.00 e. The van der Waals surface area contributed by atoms with E-state index in [1.165, 1.54) is 0 Å². The molecule has 4 heavy (non-hydrogen) atoms. The standard InChI is InChI=1S/Ca.2O.Ti/q+2;2*-2;+4. The number of rotatable bonds is 0. The maximum atomic E-state index is 0. The zero-order chi connectivity index (χ0) is 0. The fourth-order valence-electron chi connectivity index (χ4n) is 0. The van der Waals surface area contributed by atoms with Crippen LogP contribution in [0.3, 0.4) is 0 Å². The first-order chi connectivity index (χ1) is 0. The zero-order valence-electron chi connectivity index (χ0n) is 2.02. The molecule has 0 rings (SSSR count). The van der Waals surface area contributed by atoms with Crippen molar-refractivity contribution in [2.75, 3.05) is 0 Å². The molecule has 0 aliphatic heterocycles. The number of hydrogen-bond acceptors (Lipinski definition) is 0. The first-order valence-electron chi connectivity index (χ1n) is 0. The van der Waals surface area contributed by atoms with Crippen molar-refractivity contribution in [1.29, 1.82) is 0 Å². The Morgan fingerprint density at radius 1 is 0.750 bits per heavy atom. The van der Waals surface area contributed by atoms with Crippen molar-refractivity contribution in [3.05, 3.63) is 0 Å². The van der Waals surface area contributed by atoms with Crippen molar-refractivity contribution in [1.82, 2.24) is 0 Å². The minimum atomic E-state index is 0. The SMILES string of the molecule is [Ca+2].[O-2].[O-2].[Ti+4]. The van der Waals surface area contributed by atoms with Gasteiger partial charge in [-0.3, -0.25) is 0 Å². The molecule has 0 N–H and O–H groups in total. The second-order valence-corrected chi connectivity index (χ2v) is 0. The molecule has 0 aromatic carbocycles. The van der Waals surface area contributed by atoms with Crippen molar-refractivity contribution < 1.29 is 32.7 Å². The van der Waals surface area contributed by atoms with Crippen LogP contribution < -0.4 is 0 Å². The van der Waals surface area contributed by atoms with E-state index in [9.17, 15) is 0 Å². The van der Waals surface area contributed by atoms with E-state index < -0.39 is 0 Å². The van der Waals surface area contributed by atoms with E-state index in [1.807, 2.05) is 0 Å². The van der Waals surface area contributed by atoms with Crippen LogP contribution in [0.1, 0.15) is 0 Å². The summed E-state index contributed by atoms with van der Waals surface area (Å²) >= 11 is 0. The third kappa shape index (κ3) is 9.09. The quantitative estimate of drug-likeness (QED) is 0.382. The third-order valence-electron chi connectivity index (χ3n) is 0. The van der Waals surface area contributed by atoms with Gasteiger partial charge in [-0.25, -0.2) is 0 Å². The molecule has 0 fully saturated rings. The molecule has 0 spiro atoms. The van der Waals surface area contributed by atoms with Crippen molar-refractivity contribution in [3.63, 3.8) is 0 Å². The summed E-state index contributed by atoms with van der Waals surface area (Å²) in [6.07, 6.45) is 0. The molecule has 0 aliphatic rings. The maximum absolute atomic E-state index is 0.